The van der Waals surface area contributed by atoms with Crippen LogP contribution in [0.5, 0.6) is 0 Å². The van der Waals surface area contributed by atoms with Crippen molar-refractivity contribution in [1.82, 2.24) is 30.0 Å². The van der Waals surface area contributed by atoms with Gasteiger partial charge in [0.05, 0.1) is 36.7 Å². The standard InChI is InChI=1S/C27H33N7O.9H2/c1-17-16-35-14-13-33(17)25-15-24(26-18(2)32-34(19(26)3)20-7-10-28-11-8-20)30-27(31-25)22-5-4-6-23-21(22)9-12-29-23;;;;;;;;;/h4-6,9,12,15,17,20,28-29H,7-8,10-11,13-14,16H2,1-3H3;9*1H/t17-;;;;;;;;;/m1........./s1/i;8*1+1D;1+1. The molecule has 2 fully saturated rings. The van der Waals surface area contributed by atoms with Crippen molar-refractivity contribution in [2.45, 2.75) is 45.7 Å². The van der Waals surface area contributed by atoms with Gasteiger partial charge in [0, 0.05) is 71.7 Å². The van der Waals surface area contributed by atoms with Crippen LogP contribution in [-0.4, -0.2) is 63.6 Å². The summed E-state index contributed by atoms with van der Waals surface area (Å²) in [6.45, 7) is 10.8. The topological polar surface area (TPSA) is 83.9 Å². The van der Waals surface area contributed by atoms with Crippen molar-refractivity contribution in [1.29, 1.82) is 0 Å². The minimum absolute atomic E-state index is 0. The maximum Gasteiger partial charge on any atom is 0.162 e. The number of piperidine rings is 1. The molecule has 0 amide bonds. The molecule has 8 heteroatoms. The highest BCUT2D eigenvalue weighted by Gasteiger charge is 2.26. The van der Waals surface area contributed by atoms with Gasteiger partial charge in [-0.05, 0) is 58.8 Å². The lowest BCUT2D eigenvalue weighted by molar-refractivity contribution is 0.0985. The van der Waals surface area contributed by atoms with E-state index in [1.54, 1.807) is 0 Å². The van der Waals surface area contributed by atoms with Gasteiger partial charge in [0.2, 0.25) is 0 Å². The van der Waals surface area contributed by atoms with Crippen molar-refractivity contribution in [3.63, 3.8) is 0 Å². The molecule has 35 heavy (non-hydrogen) atoms. The third-order valence-corrected chi connectivity index (χ3v) is 7.45. The molecule has 0 spiro atoms. The first-order chi connectivity index (χ1) is 25.1. The summed E-state index contributed by atoms with van der Waals surface area (Å²) in [6.07, 6.45) is 4.17. The van der Waals surface area contributed by atoms with Gasteiger partial charge >= 0.3 is 0 Å². The molecule has 0 aliphatic carbocycles. The van der Waals surface area contributed by atoms with Crippen LogP contribution in [0.1, 0.15) is 62.4 Å². The van der Waals surface area contributed by atoms with E-state index in [0.717, 1.165) is 77.5 Å². The molecule has 2 aliphatic heterocycles. The second kappa shape index (κ2) is 9.09. The van der Waals surface area contributed by atoms with Gasteiger partial charge in [0.15, 0.2) is 5.82 Å². The fourth-order valence-corrected chi connectivity index (χ4v) is 5.62. The summed E-state index contributed by atoms with van der Waals surface area (Å²) in [6, 6.07) is 11.2. The molecule has 1 aromatic carbocycles. The lowest BCUT2D eigenvalue weighted by atomic mass is 10.0. The molecule has 2 aliphatic rings. The van der Waals surface area contributed by atoms with Gasteiger partial charge in [0.25, 0.3) is 0 Å². The molecule has 0 unspecified atom stereocenters. The van der Waals surface area contributed by atoms with Gasteiger partial charge in [-0.25, -0.2) is 9.97 Å². The van der Waals surface area contributed by atoms with Crippen LogP contribution in [0, 0.1) is 13.8 Å². The predicted octanol–water partition coefficient (Wildman–Crippen LogP) is 6.47. The summed E-state index contributed by atoms with van der Waals surface area (Å²) in [7, 11) is 0. The van der Waals surface area contributed by atoms with Crippen LogP contribution in [0.15, 0.2) is 36.5 Å². The van der Waals surface area contributed by atoms with Gasteiger partial charge < -0.3 is 19.9 Å². The van der Waals surface area contributed by atoms with Crippen molar-refractivity contribution in [3.05, 3.63) is 47.9 Å². The molecule has 2 saturated heterocycles. The molecule has 0 radical (unpaired) electrons. The van der Waals surface area contributed by atoms with E-state index in [9.17, 15) is 0 Å². The van der Waals surface area contributed by atoms with E-state index in [4.69, 9.17) is 43.6 Å². The predicted molar refractivity (Wildman–Crippen MR) is 158 cm³/mol. The smallest absolute Gasteiger partial charge is 0.162 e. The third-order valence-electron chi connectivity index (χ3n) is 7.45. The van der Waals surface area contributed by atoms with Crippen LogP contribution in [-0.2, 0) is 4.74 Å². The highest BCUT2D eigenvalue weighted by molar-refractivity contribution is 5.93. The van der Waals surface area contributed by atoms with Crippen molar-refractivity contribution < 1.29 is 29.9 Å². The highest BCUT2D eigenvalue weighted by Crippen LogP contribution is 2.35. The third kappa shape index (κ3) is 4.00. The molecule has 0 saturated carbocycles. The van der Waals surface area contributed by atoms with Crippen LogP contribution in [0.25, 0.3) is 33.5 Å². The number of aryl methyl sites for hydroxylation is 1. The van der Waals surface area contributed by atoms with E-state index >= 15 is 0 Å². The first-order valence-electron chi connectivity index (χ1n) is 20.7. The average molecular weight is 507 g/mol. The molecular weight excluding hydrogens is 438 g/mol. The Labute approximate surface area is 231 Å². The summed E-state index contributed by atoms with van der Waals surface area (Å²) >= 11 is 0. The SMILES string of the molecule is Cc1nn(C2CCNCC2)c(C)c1-c1cc(N2CCOC[C@H]2C)nc(-c2cccc3[nH]ccc23)n1.[2HH].[2H][2H].[2H][2H].[2H][2H].[2H][2H].[2H][2H].[2H][2H].[2H][2H].[2H][2H]. The van der Waals surface area contributed by atoms with Crippen LogP contribution in [0.4, 0.5) is 5.82 Å². The van der Waals surface area contributed by atoms with Crippen LogP contribution >= 0.6 is 0 Å². The summed E-state index contributed by atoms with van der Waals surface area (Å²) in [5.74, 6) is 1.69. The number of hydrogen-bond acceptors (Lipinski definition) is 6. The second-order valence-electron chi connectivity index (χ2n) is 9.77. The molecule has 3 aromatic heterocycles. The lowest BCUT2D eigenvalue weighted by Gasteiger charge is -2.34. The number of ether oxygens (including phenoxy) is 1. The molecule has 6 rings (SSSR count). The molecule has 5 heterocycles. The van der Waals surface area contributed by atoms with Crippen molar-refractivity contribution in [2.75, 3.05) is 37.7 Å². The Balaban J connectivity index is -0.000000603. The average Bonchev–Trinajstić information content (AvgIpc) is 3.85. The largest absolute Gasteiger partial charge is 0.377 e. The fraction of sp³-hybridized carbons (Fsp3) is 0.444. The molecule has 200 valence electrons. The van der Waals surface area contributed by atoms with Crippen molar-refractivity contribution >= 4 is 16.7 Å². The van der Waals surface area contributed by atoms with Gasteiger partial charge in [-0.3, -0.25) is 4.68 Å². The summed E-state index contributed by atoms with van der Waals surface area (Å²) in [4.78, 5) is 15.9. The van der Waals surface area contributed by atoms with E-state index in [1.807, 2.05) is 6.20 Å². The Morgan fingerprint density at radius 1 is 1.14 bits per heavy atom. The van der Waals surface area contributed by atoms with E-state index in [2.05, 4.69) is 71.0 Å². The Morgan fingerprint density at radius 3 is 2.83 bits per heavy atom. The Hall–Kier alpha value is -3.23. The van der Waals surface area contributed by atoms with E-state index in [1.165, 1.54) is 5.69 Å². The van der Waals surface area contributed by atoms with Gasteiger partial charge in [-0.15, -0.1) is 0 Å². The number of rotatable bonds is 4. The van der Waals surface area contributed by atoms with Crippen LogP contribution in [0.2, 0.25) is 0 Å². The van der Waals surface area contributed by atoms with E-state index in [0.29, 0.717) is 19.3 Å². The maximum atomic E-state index is 5.71. The number of anilines is 1. The minimum atomic E-state index is 0. The zero-order chi connectivity index (χ0) is 39.9. The van der Waals surface area contributed by atoms with E-state index < -0.39 is 0 Å². The number of hydrogen-bond donors (Lipinski definition) is 2. The van der Waals surface area contributed by atoms with Crippen LogP contribution < -0.4 is 10.2 Å². The Morgan fingerprint density at radius 2 is 2.00 bits per heavy atom. The first-order valence-corrected chi connectivity index (χ1v) is 12.7. The first kappa shape index (κ1) is 15.0. The van der Waals surface area contributed by atoms with E-state index in [-0.39, 0.29) is 7.47 Å². The summed E-state index contributed by atoms with van der Waals surface area (Å²) in [5.41, 5.74) is 6.38. The normalized spacial score (nSPS) is 21.3. The fourth-order valence-electron chi connectivity index (χ4n) is 5.62. The molecule has 8 nitrogen and oxygen atoms in total. The number of benzene rings is 1. The number of nitrogens with one attached hydrogen (secondary N) is 2. The maximum absolute atomic E-state index is 5.71. The van der Waals surface area contributed by atoms with Crippen molar-refractivity contribution in [2.24, 2.45) is 0 Å². The Kier molecular flexibility index (Phi) is 3.90. The summed E-state index contributed by atoms with van der Waals surface area (Å²) in [5, 5.41) is 9.59. The zero-order valence-corrected chi connectivity index (χ0v) is 20.7. The highest BCUT2D eigenvalue weighted by atomic mass is 16.5. The molecule has 4 aromatic rings. The minimum Gasteiger partial charge on any atom is -0.377 e. The van der Waals surface area contributed by atoms with Gasteiger partial charge in [-0.2, -0.15) is 5.10 Å². The summed E-state index contributed by atoms with van der Waals surface area (Å²) < 4.78 is 87.9. The van der Waals surface area contributed by atoms with Gasteiger partial charge in [0.1, 0.15) is 5.82 Å². The van der Waals surface area contributed by atoms with Gasteiger partial charge in [-0.1, -0.05) is 12.1 Å². The lowest BCUT2D eigenvalue weighted by Crippen LogP contribution is -2.44. The number of H-pyrrole nitrogens is 1. The number of morpholine rings is 1. The zero-order valence-electron chi connectivity index (χ0n) is 36.7. The number of aromatic amines is 1. The molecule has 2 N–H and O–H groups in total. The Bertz CT molecular complexity index is 1400. The monoisotopic (exact) mass is 507 g/mol. The number of nitrogens with zero attached hydrogens (tertiary/aromatic N) is 5. The molecular formula is C27H51N7O. The van der Waals surface area contributed by atoms with Crippen molar-refractivity contribution in [3.8, 4) is 22.6 Å². The molecule has 1 atom stereocenters. The quantitative estimate of drug-likeness (QED) is 0.330. The number of aromatic nitrogens is 5. The molecule has 0 bridgehead atoms. The number of fused-ring (bicyclic) bond motifs is 1. The van der Waals surface area contributed by atoms with Crippen LogP contribution in [0.3, 0.4) is 0 Å². The second-order valence-corrected chi connectivity index (χ2v) is 9.77.